The van der Waals surface area contributed by atoms with E-state index in [1.54, 1.807) is 18.1 Å². The van der Waals surface area contributed by atoms with Crippen molar-refractivity contribution in [2.45, 2.75) is 37.6 Å². The van der Waals surface area contributed by atoms with Crippen molar-refractivity contribution in [1.29, 1.82) is 0 Å². The highest BCUT2D eigenvalue weighted by molar-refractivity contribution is 7.89. The van der Waals surface area contributed by atoms with Gasteiger partial charge in [0.25, 0.3) is 0 Å². The van der Waals surface area contributed by atoms with Crippen molar-refractivity contribution in [3.63, 3.8) is 0 Å². The van der Waals surface area contributed by atoms with Gasteiger partial charge in [-0.15, -0.1) is 0 Å². The number of aryl methyl sites for hydroxylation is 2. The number of hydrogen-bond acceptors (Lipinski definition) is 5. The maximum Gasteiger partial charge on any atom is 0.238 e. The largest absolute Gasteiger partial charge is 0.328 e. The number of anilines is 1. The molecule has 0 aliphatic rings. The Bertz CT molecular complexity index is 1110. The van der Waals surface area contributed by atoms with Crippen LogP contribution >= 0.6 is 0 Å². The number of benzene rings is 2. The van der Waals surface area contributed by atoms with Crippen LogP contribution in [0.4, 0.5) is 5.69 Å². The van der Waals surface area contributed by atoms with E-state index >= 15 is 0 Å². The lowest BCUT2D eigenvalue weighted by atomic mass is 10.2. The van der Waals surface area contributed by atoms with Crippen molar-refractivity contribution in [2.75, 3.05) is 12.1 Å². The van der Waals surface area contributed by atoms with E-state index in [2.05, 4.69) is 17.3 Å². The third-order valence-electron chi connectivity index (χ3n) is 4.59. The van der Waals surface area contributed by atoms with E-state index in [1.165, 1.54) is 12.1 Å². The average Bonchev–Trinajstić information content (AvgIpc) is 3.03. The molecule has 0 radical (unpaired) electrons. The highest BCUT2D eigenvalue weighted by Crippen LogP contribution is 2.21. The number of carbonyl (C=O) groups excluding carboxylic acids is 1. The number of rotatable bonds is 8. The Morgan fingerprint density at radius 3 is 2.59 bits per heavy atom. The van der Waals surface area contributed by atoms with Crippen LogP contribution in [-0.2, 0) is 27.8 Å². The molecule has 0 aliphatic heterocycles. The van der Waals surface area contributed by atoms with E-state index in [0.717, 1.165) is 30.0 Å². The molecule has 3 N–H and O–H groups in total. The highest BCUT2D eigenvalue weighted by atomic mass is 32.2. The van der Waals surface area contributed by atoms with E-state index in [9.17, 15) is 13.2 Å². The average molecular weight is 416 g/mol. The molecule has 29 heavy (non-hydrogen) atoms. The molecule has 0 unspecified atom stereocenters. The molecule has 0 bridgehead atoms. The fraction of sp³-hybridized carbons (Fsp3) is 0.300. The fourth-order valence-corrected chi connectivity index (χ4v) is 3.72. The maximum absolute atomic E-state index is 12.4. The molecule has 8 nitrogen and oxygen atoms in total. The molecule has 0 saturated heterocycles. The number of para-hydroxylation sites is 1. The SMILES string of the molecule is CCCn1c(CCC(=O)NN(C)c2ccccc2)nc2cc(S(N)(=O)=O)ccc21. The summed E-state index contributed by atoms with van der Waals surface area (Å²) in [5, 5.41) is 6.90. The molecule has 0 saturated carbocycles. The van der Waals surface area contributed by atoms with Crippen molar-refractivity contribution in [1.82, 2.24) is 15.0 Å². The lowest BCUT2D eigenvalue weighted by Gasteiger charge is -2.20. The monoisotopic (exact) mass is 415 g/mol. The lowest BCUT2D eigenvalue weighted by Crippen LogP contribution is -2.39. The van der Waals surface area contributed by atoms with Crippen LogP contribution in [0.3, 0.4) is 0 Å². The number of sulfonamides is 1. The number of primary sulfonamides is 1. The fourth-order valence-electron chi connectivity index (χ4n) is 3.18. The standard InChI is InChI=1S/C20H25N5O3S/c1-3-13-25-18-10-9-16(29(21,27)28)14-17(18)22-19(25)11-12-20(26)23-24(2)15-7-5-4-6-8-15/h4-10,14H,3,11-13H2,1-2H3,(H,23,26)(H2,21,27,28). The predicted molar refractivity (Wildman–Crippen MR) is 113 cm³/mol. The number of aromatic nitrogens is 2. The summed E-state index contributed by atoms with van der Waals surface area (Å²) in [4.78, 5) is 17.0. The Kier molecular flexibility index (Phi) is 6.19. The summed E-state index contributed by atoms with van der Waals surface area (Å²) in [5.41, 5.74) is 5.11. The van der Waals surface area contributed by atoms with Gasteiger partial charge >= 0.3 is 0 Å². The Labute approximate surface area is 170 Å². The van der Waals surface area contributed by atoms with Crippen LogP contribution in [0.15, 0.2) is 53.4 Å². The number of carbonyl (C=O) groups is 1. The van der Waals surface area contributed by atoms with E-state index in [4.69, 9.17) is 5.14 Å². The summed E-state index contributed by atoms with van der Waals surface area (Å²) < 4.78 is 25.3. The molecule has 2 aromatic carbocycles. The summed E-state index contributed by atoms with van der Waals surface area (Å²) in [6, 6.07) is 14.2. The van der Waals surface area contributed by atoms with Gasteiger partial charge < -0.3 is 4.57 Å². The van der Waals surface area contributed by atoms with Gasteiger partial charge in [-0.1, -0.05) is 25.1 Å². The van der Waals surface area contributed by atoms with E-state index in [1.807, 2.05) is 34.9 Å². The zero-order valence-electron chi connectivity index (χ0n) is 16.5. The second-order valence-electron chi connectivity index (χ2n) is 6.80. The van der Waals surface area contributed by atoms with Gasteiger partial charge in [-0.2, -0.15) is 0 Å². The quantitative estimate of drug-likeness (QED) is 0.548. The summed E-state index contributed by atoms with van der Waals surface area (Å²) in [6.45, 7) is 2.78. The molecule has 3 aromatic rings. The van der Waals surface area contributed by atoms with E-state index < -0.39 is 10.0 Å². The van der Waals surface area contributed by atoms with Gasteiger partial charge in [0.2, 0.25) is 15.9 Å². The molecule has 0 aliphatic carbocycles. The molecule has 154 valence electrons. The molecule has 0 fully saturated rings. The van der Waals surface area contributed by atoms with Crippen LogP contribution in [-0.4, -0.2) is 30.9 Å². The van der Waals surface area contributed by atoms with E-state index in [0.29, 0.717) is 11.9 Å². The topological polar surface area (TPSA) is 110 Å². The maximum atomic E-state index is 12.4. The number of imidazole rings is 1. The van der Waals surface area contributed by atoms with Crippen molar-refractivity contribution in [3.05, 3.63) is 54.4 Å². The Balaban J connectivity index is 1.76. The molecule has 1 heterocycles. The number of hydrogen-bond donors (Lipinski definition) is 2. The molecule has 1 aromatic heterocycles. The molecular formula is C20H25N5O3S. The van der Waals surface area contributed by atoms with E-state index in [-0.39, 0.29) is 17.2 Å². The molecule has 9 heteroatoms. The minimum atomic E-state index is -3.79. The molecule has 0 atom stereocenters. The van der Waals surface area contributed by atoms with Crippen molar-refractivity contribution in [3.8, 4) is 0 Å². The second-order valence-corrected chi connectivity index (χ2v) is 8.37. The number of nitrogens with two attached hydrogens (primary N) is 1. The van der Waals surface area contributed by atoms with Crippen LogP contribution in [0.25, 0.3) is 11.0 Å². The summed E-state index contributed by atoms with van der Waals surface area (Å²) >= 11 is 0. The van der Waals surface area contributed by atoms with Gasteiger partial charge in [0, 0.05) is 26.4 Å². The highest BCUT2D eigenvalue weighted by Gasteiger charge is 2.16. The van der Waals surface area contributed by atoms with Gasteiger partial charge in [-0.3, -0.25) is 15.2 Å². The molecule has 3 rings (SSSR count). The summed E-state index contributed by atoms with van der Waals surface area (Å²) in [5.74, 6) is 0.614. The third-order valence-corrected chi connectivity index (χ3v) is 5.50. The van der Waals surface area contributed by atoms with Gasteiger partial charge in [0.1, 0.15) is 5.82 Å². The Morgan fingerprint density at radius 1 is 1.21 bits per heavy atom. The number of hydrazine groups is 1. The summed E-state index contributed by atoms with van der Waals surface area (Å²) in [7, 11) is -2.01. The Morgan fingerprint density at radius 2 is 1.93 bits per heavy atom. The Hall–Kier alpha value is -2.91. The van der Waals surface area contributed by atoms with Gasteiger partial charge in [-0.05, 0) is 36.8 Å². The first-order valence-corrected chi connectivity index (χ1v) is 10.9. The first-order chi connectivity index (χ1) is 13.8. The predicted octanol–water partition coefficient (Wildman–Crippen LogP) is 2.19. The number of fused-ring (bicyclic) bond motifs is 1. The van der Waals surface area contributed by atoms with Gasteiger partial charge in [0.15, 0.2) is 0 Å². The summed E-state index contributed by atoms with van der Waals surface area (Å²) in [6.07, 6.45) is 1.58. The zero-order valence-corrected chi connectivity index (χ0v) is 17.3. The lowest BCUT2D eigenvalue weighted by molar-refractivity contribution is -0.121. The molecule has 1 amide bonds. The van der Waals surface area contributed by atoms with Crippen LogP contribution in [0, 0.1) is 0 Å². The first kappa shape index (κ1) is 20.8. The number of nitrogens with one attached hydrogen (secondary N) is 1. The smallest absolute Gasteiger partial charge is 0.238 e. The van der Waals surface area contributed by atoms with Crippen LogP contribution < -0.4 is 15.6 Å². The van der Waals surface area contributed by atoms with Gasteiger partial charge in [0.05, 0.1) is 21.6 Å². The minimum absolute atomic E-state index is 0.0277. The first-order valence-electron chi connectivity index (χ1n) is 9.40. The van der Waals surface area contributed by atoms with Crippen LogP contribution in [0.5, 0.6) is 0 Å². The van der Waals surface area contributed by atoms with Gasteiger partial charge in [-0.25, -0.2) is 18.5 Å². The molecule has 0 spiro atoms. The van der Waals surface area contributed by atoms with Crippen LogP contribution in [0.1, 0.15) is 25.6 Å². The third kappa shape index (κ3) is 4.93. The number of amides is 1. The van der Waals surface area contributed by atoms with Crippen molar-refractivity contribution < 1.29 is 13.2 Å². The normalized spacial score (nSPS) is 11.6. The second kappa shape index (κ2) is 8.62. The molecular weight excluding hydrogens is 390 g/mol. The minimum Gasteiger partial charge on any atom is -0.328 e. The van der Waals surface area contributed by atoms with Crippen LogP contribution in [0.2, 0.25) is 0 Å². The zero-order chi connectivity index (χ0) is 21.0. The number of nitrogens with zero attached hydrogens (tertiary/aromatic N) is 3. The van der Waals surface area contributed by atoms with Crippen molar-refractivity contribution in [2.24, 2.45) is 5.14 Å². The van der Waals surface area contributed by atoms with Crippen molar-refractivity contribution >= 4 is 32.7 Å².